The summed E-state index contributed by atoms with van der Waals surface area (Å²) in [5.74, 6) is 0.731. The molecule has 0 saturated carbocycles. The van der Waals surface area contributed by atoms with Crippen LogP contribution in [0.1, 0.15) is 35.9 Å². The summed E-state index contributed by atoms with van der Waals surface area (Å²) < 4.78 is 8.08. The maximum absolute atomic E-state index is 5.98. The summed E-state index contributed by atoms with van der Waals surface area (Å²) in [5, 5.41) is 9.03. The molecule has 1 aromatic heterocycles. The standard InChI is InChI=1S/C17H22N6O/c1-2-8-24-13-9-14-15(10-13)23(11-12-6-4-3-5-7-12)20-16(14)17-18-21-22-19-17/h3-7,13,21-22H,2,8-11H2,1H3,(H,18,19). The van der Waals surface area contributed by atoms with Crippen molar-refractivity contribution in [2.45, 2.75) is 38.8 Å². The molecule has 0 fully saturated rings. The van der Waals surface area contributed by atoms with Gasteiger partial charge in [-0.3, -0.25) is 10.1 Å². The number of aromatic nitrogens is 2. The number of ether oxygens (including phenoxy) is 1. The van der Waals surface area contributed by atoms with Crippen LogP contribution in [0.25, 0.3) is 0 Å². The van der Waals surface area contributed by atoms with Gasteiger partial charge in [0.2, 0.25) is 0 Å². The van der Waals surface area contributed by atoms with E-state index in [1.165, 1.54) is 16.8 Å². The van der Waals surface area contributed by atoms with Gasteiger partial charge >= 0.3 is 0 Å². The third kappa shape index (κ3) is 2.88. The molecule has 1 aliphatic carbocycles. The maximum atomic E-state index is 5.98. The molecular formula is C17H22N6O. The van der Waals surface area contributed by atoms with E-state index in [-0.39, 0.29) is 6.10 Å². The van der Waals surface area contributed by atoms with Crippen molar-refractivity contribution >= 4 is 5.84 Å². The molecule has 126 valence electrons. The largest absolute Gasteiger partial charge is 0.377 e. The van der Waals surface area contributed by atoms with E-state index in [2.05, 4.69) is 57.5 Å². The Bertz CT molecular complexity index is 739. The Morgan fingerprint density at radius 3 is 2.88 bits per heavy atom. The van der Waals surface area contributed by atoms with Crippen LogP contribution < -0.4 is 16.5 Å². The molecule has 2 aliphatic rings. The molecule has 4 rings (SSSR count). The SMILES string of the molecule is CCCOC1Cc2c(C3=NNNN3)nn(Cc3ccccc3)c2C1. The van der Waals surface area contributed by atoms with Crippen LogP contribution in [-0.4, -0.2) is 28.3 Å². The lowest BCUT2D eigenvalue weighted by Gasteiger charge is -2.12. The molecule has 1 unspecified atom stereocenters. The van der Waals surface area contributed by atoms with Crippen LogP contribution in [0.5, 0.6) is 0 Å². The number of nitrogens with one attached hydrogen (secondary N) is 3. The topological polar surface area (TPSA) is 75.5 Å². The van der Waals surface area contributed by atoms with Gasteiger partial charge in [-0.05, 0) is 12.0 Å². The molecule has 7 nitrogen and oxygen atoms in total. The summed E-state index contributed by atoms with van der Waals surface area (Å²) in [6.45, 7) is 3.70. The highest BCUT2D eigenvalue weighted by Crippen LogP contribution is 2.28. The van der Waals surface area contributed by atoms with Crippen LogP contribution in [-0.2, 0) is 24.1 Å². The lowest BCUT2D eigenvalue weighted by Crippen LogP contribution is -2.35. The summed E-state index contributed by atoms with van der Waals surface area (Å²) in [5.41, 5.74) is 13.1. The molecule has 1 aliphatic heterocycles. The highest BCUT2D eigenvalue weighted by Gasteiger charge is 2.32. The molecular weight excluding hydrogens is 304 g/mol. The van der Waals surface area contributed by atoms with Crippen LogP contribution in [0.15, 0.2) is 35.4 Å². The Labute approximate surface area is 141 Å². The number of rotatable bonds is 6. The summed E-state index contributed by atoms with van der Waals surface area (Å²) in [6, 6.07) is 10.4. The number of hydrazone groups is 1. The van der Waals surface area contributed by atoms with Crippen molar-refractivity contribution in [3.8, 4) is 0 Å². The molecule has 0 radical (unpaired) electrons. The van der Waals surface area contributed by atoms with Crippen molar-refractivity contribution in [1.29, 1.82) is 0 Å². The molecule has 2 heterocycles. The Kier molecular flexibility index (Phi) is 4.18. The minimum atomic E-state index is 0.238. The Morgan fingerprint density at radius 1 is 1.25 bits per heavy atom. The number of hydrogen-bond acceptors (Lipinski definition) is 6. The Morgan fingerprint density at radius 2 is 2.12 bits per heavy atom. The smallest absolute Gasteiger partial charge is 0.191 e. The Balaban J connectivity index is 1.64. The van der Waals surface area contributed by atoms with E-state index in [0.717, 1.165) is 43.9 Å². The molecule has 0 amide bonds. The first kappa shape index (κ1) is 15.2. The molecule has 24 heavy (non-hydrogen) atoms. The average Bonchev–Trinajstić information content (AvgIpc) is 3.32. The van der Waals surface area contributed by atoms with E-state index in [0.29, 0.717) is 0 Å². The van der Waals surface area contributed by atoms with Crippen molar-refractivity contribution < 1.29 is 4.74 Å². The van der Waals surface area contributed by atoms with Gasteiger partial charge in [0, 0.05) is 30.7 Å². The molecule has 1 atom stereocenters. The van der Waals surface area contributed by atoms with Gasteiger partial charge in [-0.25, -0.2) is 5.53 Å². The van der Waals surface area contributed by atoms with Crippen molar-refractivity contribution in [2.24, 2.45) is 5.10 Å². The quantitative estimate of drug-likeness (QED) is 0.741. The van der Waals surface area contributed by atoms with Crippen molar-refractivity contribution in [3.63, 3.8) is 0 Å². The fourth-order valence-corrected chi connectivity index (χ4v) is 3.28. The van der Waals surface area contributed by atoms with Gasteiger partial charge in [-0.1, -0.05) is 37.3 Å². The van der Waals surface area contributed by atoms with E-state index in [1.807, 2.05) is 6.07 Å². The van der Waals surface area contributed by atoms with Gasteiger partial charge in [0.05, 0.1) is 12.6 Å². The number of benzene rings is 1. The third-order valence-electron chi connectivity index (χ3n) is 4.38. The zero-order valence-corrected chi connectivity index (χ0v) is 13.7. The van der Waals surface area contributed by atoms with E-state index < -0.39 is 0 Å². The fourth-order valence-electron chi connectivity index (χ4n) is 3.28. The van der Waals surface area contributed by atoms with E-state index in [1.54, 1.807) is 0 Å². The minimum Gasteiger partial charge on any atom is -0.377 e. The van der Waals surface area contributed by atoms with E-state index in [9.17, 15) is 0 Å². The maximum Gasteiger partial charge on any atom is 0.191 e. The van der Waals surface area contributed by atoms with Crippen LogP contribution in [0.3, 0.4) is 0 Å². The number of nitrogens with zero attached hydrogens (tertiary/aromatic N) is 3. The molecule has 0 spiro atoms. The summed E-state index contributed by atoms with van der Waals surface area (Å²) in [7, 11) is 0. The van der Waals surface area contributed by atoms with E-state index >= 15 is 0 Å². The highest BCUT2D eigenvalue weighted by atomic mass is 16.5. The van der Waals surface area contributed by atoms with Gasteiger partial charge in [-0.2, -0.15) is 5.10 Å². The second kappa shape index (κ2) is 6.62. The molecule has 0 saturated heterocycles. The zero-order chi connectivity index (χ0) is 16.4. The fraction of sp³-hybridized carbons (Fsp3) is 0.412. The van der Waals surface area contributed by atoms with Crippen molar-refractivity contribution in [3.05, 3.63) is 52.8 Å². The van der Waals surface area contributed by atoms with Gasteiger partial charge in [0.15, 0.2) is 5.84 Å². The van der Waals surface area contributed by atoms with Gasteiger partial charge < -0.3 is 4.74 Å². The van der Waals surface area contributed by atoms with Crippen molar-refractivity contribution in [2.75, 3.05) is 6.61 Å². The zero-order valence-electron chi connectivity index (χ0n) is 13.7. The van der Waals surface area contributed by atoms with Crippen LogP contribution in [0.4, 0.5) is 0 Å². The molecule has 1 aromatic carbocycles. The number of hydrogen-bond donors (Lipinski definition) is 3. The lowest BCUT2D eigenvalue weighted by molar-refractivity contribution is 0.0601. The predicted octanol–water partition coefficient (Wildman–Crippen LogP) is 1.10. The summed E-state index contributed by atoms with van der Waals surface area (Å²) >= 11 is 0. The van der Waals surface area contributed by atoms with Crippen molar-refractivity contribution in [1.82, 2.24) is 26.3 Å². The minimum absolute atomic E-state index is 0.238. The predicted molar refractivity (Wildman–Crippen MR) is 91.2 cm³/mol. The first-order valence-corrected chi connectivity index (χ1v) is 8.43. The second-order valence-corrected chi connectivity index (χ2v) is 6.14. The normalized spacial score (nSPS) is 18.9. The first-order chi connectivity index (χ1) is 11.8. The summed E-state index contributed by atoms with van der Waals surface area (Å²) in [4.78, 5) is 0. The van der Waals surface area contributed by atoms with Crippen LogP contribution in [0, 0.1) is 0 Å². The molecule has 0 bridgehead atoms. The number of hydrazine groups is 2. The van der Waals surface area contributed by atoms with Crippen LogP contribution in [0.2, 0.25) is 0 Å². The van der Waals surface area contributed by atoms with Gasteiger partial charge in [0.1, 0.15) is 5.69 Å². The van der Waals surface area contributed by atoms with Gasteiger partial charge in [0.25, 0.3) is 0 Å². The lowest BCUT2D eigenvalue weighted by atomic mass is 10.2. The molecule has 7 heteroatoms. The highest BCUT2D eigenvalue weighted by molar-refractivity contribution is 5.98. The summed E-state index contributed by atoms with van der Waals surface area (Å²) in [6.07, 6.45) is 3.07. The monoisotopic (exact) mass is 326 g/mol. The second-order valence-electron chi connectivity index (χ2n) is 6.14. The van der Waals surface area contributed by atoms with E-state index in [4.69, 9.17) is 9.84 Å². The number of fused-ring (bicyclic) bond motifs is 1. The van der Waals surface area contributed by atoms with Crippen LogP contribution >= 0.6 is 0 Å². The number of amidine groups is 1. The molecule has 3 N–H and O–H groups in total. The first-order valence-electron chi connectivity index (χ1n) is 8.43. The Hall–Kier alpha value is -2.38. The molecule has 2 aromatic rings. The van der Waals surface area contributed by atoms with Gasteiger partial charge in [-0.15, -0.1) is 10.6 Å². The third-order valence-corrected chi connectivity index (χ3v) is 4.38. The average molecular weight is 326 g/mol.